The average molecular weight is 360 g/mol. The van der Waals surface area contributed by atoms with Crippen molar-refractivity contribution in [3.63, 3.8) is 0 Å². The Morgan fingerprint density at radius 3 is 2.62 bits per heavy atom. The minimum atomic E-state index is 0.151. The lowest BCUT2D eigenvalue weighted by molar-refractivity contribution is -0.122. The fourth-order valence-corrected chi connectivity index (χ4v) is 4.19. The first kappa shape index (κ1) is 19.1. The summed E-state index contributed by atoms with van der Waals surface area (Å²) in [5, 5.41) is 3.20. The van der Waals surface area contributed by atoms with E-state index in [0.29, 0.717) is 18.9 Å². The Labute approximate surface area is 157 Å². The van der Waals surface area contributed by atoms with Gasteiger partial charge in [0.05, 0.1) is 0 Å². The van der Waals surface area contributed by atoms with Gasteiger partial charge in [0.25, 0.3) is 0 Å². The summed E-state index contributed by atoms with van der Waals surface area (Å²) in [7, 11) is 0. The van der Waals surface area contributed by atoms with Crippen LogP contribution < -0.4 is 16.0 Å². The molecule has 3 rings (SSSR count). The predicted octanol–water partition coefficient (Wildman–Crippen LogP) is 1.62. The number of nitrogens with zero attached hydrogens (tertiary/aromatic N) is 3. The van der Waals surface area contributed by atoms with Crippen LogP contribution in [0.2, 0.25) is 0 Å². The van der Waals surface area contributed by atoms with Gasteiger partial charge in [0.2, 0.25) is 5.91 Å². The molecule has 1 aliphatic carbocycles. The molecule has 1 saturated heterocycles. The Hall–Kier alpha value is -1.66. The van der Waals surface area contributed by atoms with Crippen LogP contribution in [0.25, 0.3) is 0 Å². The number of nitrogens with one attached hydrogen (secondary N) is 1. The number of aromatic nitrogens is 1. The number of pyridine rings is 1. The molecule has 0 radical (unpaired) electrons. The first-order chi connectivity index (χ1) is 12.8. The number of carbonyl (C=O) groups is 1. The third-order valence-corrected chi connectivity index (χ3v) is 5.82. The van der Waals surface area contributed by atoms with Crippen molar-refractivity contribution < 1.29 is 4.79 Å². The second-order valence-corrected chi connectivity index (χ2v) is 7.57. The summed E-state index contributed by atoms with van der Waals surface area (Å²) >= 11 is 0. The molecule has 1 aromatic rings. The van der Waals surface area contributed by atoms with Gasteiger partial charge in [-0.3, -0.25) is 9.69 Å². The third-order valence-electron chi connectivity index (χ3n) is 5.82. The zero-order valence-electron chi connectivity index (χ0n) is 15.8. The molecule has 1 saturated carbocycles. The van der Waals surface area contributed by atoms with Gasteiger partial charge in [-0.2, -0.15) is 0 Å². The van der Waals surface area contributed by atoms with E-state index >= 15 is 0 Å². The summed E-state index contributed by atoms with van der Waals surface area (Å²) < 4.78 is 0. The molecule has 1 aliphatic heterocycles. The van der Waals surface area contributed by atoms with Crippen LogP contribution in [0.4, 0.5) is 5.82 Å². The molecule has 1 atom stereocenters. The van der Waals surface area contributed by atoms with Gasteiger partial charge < -0.3 is 16.0 Å². The van der Waals surface area contributed by atoms with Crippen LogP contribution in [0, 0.1) is 5.92 Å². The monoisotopic (exact) mass is 359 g/mol. The summed E-state index contributed by atoms with van der Waals surface area (Å²) in [4.78, 5) is 21.5. The molecular formula is C20H33N5O. The average Bonchev–Trinajstić information content (AvgIpc) is 2.72. The topological polar surface area (TPSA) is 74.5 Å². The van der Waals surface area contributed by atoms with E-state index in [1.54, 1.807) is 0 Å². The number of anilines is 1. The summed E-state index contributed by atoms with van der Waals surface area (Å²) in [5.74, 6) is 1.76. The third kappa shape index (κ3) is 5.42. The Bertz CT molecular complexity index is 538. The van der Waals surface area contributed by atoms with Crippen molar-refractivity contribution in [3.8, 4) is 0 Å². The van der Waals surface area contributed by atoms with Crippen molar-refractivity contribution >= 4 is 11.7 Å². The highest BCUT2D eigenvalue weighted by molar-refractivity contribution is 5.76. The second-order valence-electron chi connectivity index (χ2n) is 7.57. The molecule has 2 aliphatic rings. The Morgan fingerprint density at radius 1 is 1.19 bits per heavy atom. The van der Waals surface area contributed by atoms with Gasteiger partial charge in [0.1, 0.15) is 5.82 Å². The first-order valence-electron chi connectivity index (χ1n) is 10.1. The number of nitrogens with two attached hydrogens (primary N) is 1. The molecule has 0 spiro atoms. The van der Waals surface area contributed by atoms with Gasteiger partial charge in [-0.15, -0.1) is 0 Å². The van der Waals surface area contributed by atoms with Crippen LogP contribution in [0.3, 0.4) is 0 Å². The number of piperazine rings is 1. The molecule has 26 heavy (non-hydrogen) atoms. The number of amides is 1. The maximum Gasteiger partial charge on any atom is 0.221 e. The lowest BCUT2D eigenvalue weighted by atomic mass is 9.84. The predicted molar refractivity (Wildman–Crippen MR) is 105 cm³/mol. The molecular weight excluding hydrogens is 326 g/mol. The smallest absolute Gasteiger partial charge is 0.221 e. The molecule has 144 valence electrons. The van der Waals surface area contributed by atoms with E-state index in [0.717, 1.165) is 38.5 Å². The van der Waals surface area contributed by atoms with E-state index in [4.69, 9.17) is 5.73 Å². The lowest BCUT2D eigenvalue weighted by Crippen LogP contribution is -2.49. The van der Waals surface area contributed by atoms with Crippen molar-refractivity contribution in [2.24, 2.45) is 11.7 Å². The molecule has 1 amide bonds. The van der Waals surface area contributed by atoms with Crippen LogP contribution in [0.5, 0.6) is 0 Å². The van der Waals surface area contributed by atoms with Crippen LogP contribution in [0.1, 0.15) is 38.5 Å². The normalized spacial score (nSPS) is 20.7. The Kier molecular flexibility index (Phi) is 7.26. The molecule has 0 bridgehead atoms. The summed E-state index contributed by atoms with van der Waals surface area (Å²) in [6.07, 6.45) is 8.69. The van der Waals surface area contributed by atoms with Crippen molar-refractivity contribution in [1.82, 2.24) is 15.2 Å². The molecule has 0 aromatic carbocycles. The zero-order chi connectivity index (χ0) is 18.2. The van der Waals surface area contributed by atoms with Crippen LogP contribution >= 0.6 is 0 Å². The molecule has 1 aromatic heterocycles. The molecule has 1 unspecified atom stereocenters. The maximum absolute atomic E-state index is 12.4. The minimum absolute atomic E-state index is 0.151. The highest BCUT2D eigenvalue weighted by Crippen LogP contribution is 2.26. The van der Waals surface area contributed by atoms with Crippen molar-refractivity contribution in [1.29, 1.82) is 0 Å². The SMILES string of the molecule is NCC(NC(=O)CCN1CCN(c2ccccn2)CC1)C1CCCCC1. The second kappa shape index (κ2) is 9.88. The number of hydrogen-bond acceptors (Lipinski definition) is 5. The van der Waals surface area contributed by atoms with Gasteiger partial charge in [-0.1, -0.05) is 25.3 Å². The van der Waals surface area contributed by atoms with E-state index in [1.807, 2.05) is 18.3 Å². The van der Waals surface area contributed by atoms with E-state index in [2.05, 4.69) is 26.2 Å². The molecule has 3 N–H and O–H groups in total. The summed E-state index contributed by atoms with van der Waals surface area (Å²) in [5.41, 5.74) is 5.92. The van der Waals surface area contributed by atoms with Crippen LogP contribution in [-0.4, -0.2) is 61.1 Å². The summed E-state index contributed by atoms with van der Waals surface area (Å²) in [6, 6.07) is 6.18. The van der Waals surface area contributed by atoms with Gasteiger partial charge in [-0.05, 0) is 30.9 Å². The molecule has 2 fully saturated rings. The highest BCUT2D eigenvalue weighted by atomic mass is 16.1. The number of hydrogen-bond donors (Lipinski definition) is 2. The molecule has 2 heterocycles. The van der Waals surface area contributed by atoms with Gasteiger partial charge in [0, 0.05) is 57.9 Å². The fourth-order valence-electron chi connectivity index (χ4n) is 4.19. The van der Waals surface area contributed by atoms with E-state index < -0.39 is 0 Å². The van der Waals surface area contributed by atoms with Gasteiger partial charge in [-0.25, -0.2) is 4.98 Å². The number of carbonyl (C=O) groups excluding carboxylic acids is 1. The summed E-state index contributed by atoms with van der Waals surface area (Å²) in [6.45, 7) is 5.26. The highest BCUT2D eigenvalue weighted by Gasteiger charge is 2.24. The van der Waals surface area contributed by atoms with Gasteiger partial charge >= 0.3 is 0 Å². The van der Waals surface area contributed by atoms with Crippen molar-refractivity contribution in [3.05, 3.63) is 24.4 Å². The lowest BCUT2D eigenvalue weighted by Gasteiger charge is -2.35. The van der Waals surface area contributed by atoms with Crippen molar-refractivity contribution in [2.45, 2.75) is 44.6 Å². The molecule has 6 nitrogen and oxygen atoms in total. The zero-order valence-corrected chi connectivity index (χ0v) is 15.8. The van der Waals surface area contributed by atoms with Crippen LogP contribution in [-0.2, 0) is 4.79 Å². The van der Waals surface area contributed by atoms with E-state index in [1.165, 1.54) is 32.1 Å². The largest absolute Gasteiger partial charge is 0.354 e. The van der Waals surface area contributed by atoms with Crippen molar-refractivity contribution in [2.75, 3.05) is 44.2 Å². The Morgan fingerprint density at radius 2 is 1.96 bits per heavy atom. The van der Waals surface area contributed by atoms with E-state index in [-0.39, 0.29) is 11.9 Å². The Balaban J connectivity index is 1.37. The first-order valence-corrected chi connectivity index (χ1v) is 10.1. The van der Waals surface area contributed by atoms with E-state index in [9.17, 15) is 4.79 Å². The minimum Gasteiger partial charge on any atom is -0.354 e. The molecule has 6 heteroatoms. The number of rotatable bonds is 7. The standard InChI is InChI=1S/C20H33N5O/c21-16-18(17-6-2-1-3-7-17)23-20(26)9-11-24-12-14-25(15-13-24)19-8-4-5-10-22-19/h4-5,8,10,17-18H,1-3,6-7,9,11-16,21H2,(H,23,26). The van der Waals surface area contributed by atoms with Crippen LogP contribution in [0.15, 0.2) is 24.4 Å². The fraction of sp³-hybridized carbons (Fsp3) is 0.700. The quantitative estimate of drug-likeness (QED) is 0.774. The maximum atomic E-state index is 12.4. The van der Waals surface area contributed by atoms with Gasteiger partial charge in [0.15, 0.2) is 0 Å².